The fourth-order valence-electron chi connectivity index (χ4n) is 4.45. The molecule has 0 radical (unpaired) electrons. The summed E-state index contributed by atoms with van der Waals surface area (Å²) in [6.45, 7) is 2.51. The van der Waals surface area contributed by atoms with Crippen molar-refractivity contribution in [3.63, 3.8) is 0 Å². The van der Waals surface area contributed by atoms with E-state index < -0.39 is 6.29 Å². The molecule has 1 aliphatic heterocycles. The molecule has 162 valence electrons. The van der Waals surface area contributed by atoms with Gasteiger partial charge in [-0.25, -0.2) is 0 Å². The van der Waals surface area contributed by atoms with E-state index in [0.717, 1.165) is 43.2 Å². The van der Waals surface area contributed by atoms with E-state index in [1.165, 1.54) is 6.42 Å². The third-order valence-electron chi connectivity index (χ3n) is 6.04. The van der Waals surface area contributed by atoms with Gasteiger partial charge in [0.1, 0.15) is 0 Å². The molecule has 3 atom stereocenters. The van der Waals surface area contributed by atoms with Crippen molar-refractivity contribution in [1.82, 2.24) is 5.32 Å². The molecular formula is C25H33NO4. The van der Waals surface area contributed by atoms with Gasteiger partial charge in [-0.2, -0.15) is 0 Å². The molecule has 0 aromatic heterocycles. The molecule has 3 rings (SSSR count). The minimum Gasteiger partial charge on any atom is -0.459 e. The number of terminal acetylenes is 1. The normalized spacial score (nSPS) is 24.4. The van der Waals surface area contributed by atoms with Gasteiger partial charge in [0.15, 0.2) is 5.76 Å². The van der Waals surface area contributed by atoms with E-state index in [2.05, 4.69) is 11.2 Å². The molecule has 0 unspecified atom stereocenters. The quantitative estimate of drug-likeness (QED) is 0.638. The number of amides is 1. The monoisotopic (exact) mass is 411 g/mol. The van der Waals surface area contributed by atoms with Crippen LogP contribution in [0.3, 0.4) is 0 Å². The number of hydrogen-bond acceptors (Lipinski definition) is 4. The van der Waals surface area contributed by atoms with Gasteiger partial charge >= 0.3 is 0 Å². The predicted octanol–water partition coefficient (Wildman–Crippen LogP) is 3.87. The van der Waals surface area contributed by atoms with Gasteiger partial charge in [0.2, 0.25) is 6.29 Å². The number of allylic oxidation sites excluding steroid dienone is 1. The molecule has 0 saturated heterocycles. The van der Waals surface area contributed by atoms with Gasteiger partial charge in [-0.1, -0.05) is 37.3 Å². The van der Waals surface area contributed by atoms with E-state index in [9.17, 15) is 9.90 Å². The molecule has 1 aromatic rings. The van der Waals surface area contributed by atoms with E-state index >= 15 is 0 Å². The molecule has 1 aliphatic carbocycles. The molecule has 1 saturated carbocycles. The summed E-state index contributed by atoms with van der Waals surface area (Å²) >= 11 is 0. The Balaban J connectivity index is 1.87. The van der Waals surface area contributed by atoms with Gasteiger partial charge in [0, 0.05) is 36.7 Å². The zero-order valence-corrected chi connectivity index (χ0v) is 17.8. The first kappa shape index (κ1) is 22.4. The van der Waals surface area contributed by atoms with Crippen molar-refractivity contribution in [2.75, 3.05) is 13.2 Å². The smallest absolute Gasteiger partial charge is 0.286 e. The van der Waals surface area contributed by atoms with Crippen molar-refractivity contribution in [3.05, 3.63) is 47.2 Å². The van der Waals surface area contributed by atoms with Crippen molar-refractivity contribution in [2.24, 2.45) is 5.92 Å². The summed E-state index contributed by atoms with van der Waals surface area (Å²) in [7, 11) is 0. The number of benzene rings is 1. The topological polar surface area (TPSA) is 67.8 Å². The number of nitrogens with one attached hydrogen (secondary N) is 1. The largest absolute Gasteiger partial charge is 0.459 e. The molecule has 1 heterocycles. The molecule has 2 N–H and O–H groups in total. The third kappa shape index (κ3) is 5.65. The van der Waals surface area contributed by atoms with Crippen molar-refractivity contribution in [1.29, 1.82) is 0 Å². The number of aliphatic hydroxyl groups excluding tert-OH is 1. The van der Waals surface area contributed by atoms with Crippen molar-refractivity contribution >= 4 is 5.91 Å². The molecule has 5 nitrogen and oxygen atoms in total. The molecule has 1 fully saturated rings. The second-order valence-electron chi connectivity index (χ2n) is 8.10. The molecule has 0 spiro atoms. The summed E-state index contributed by atoms with van der Waals surface area (Å²) in [5.41, 5.74) is 1.88. The van der Waals surface area contributed by atoms with Crippen LogP contribution in [0.2, 0.25) is 0 Å². The summed E-state index contributed by atoms with van der Waals surface area (Å²) in [4.78, 5) is 13.0. The van der Waals surface area contributed by atoms with Crippen molar-refractivity contribution < 1.29 is 19.4 Å². The summed E-state index contributed by atoms with van der Waals surface area (Å²) in [6, 6.07) is 8.06. The fourth-order valence-corrected chi connectivity index (χ4v) is 4.45. The maximum absolute atomic E-state index is 13.0. The number of hydrogen-bond donors (Lipinski definition) is 2. The standard InChI is InChI=1S/C25H33NO4/c1-3-18-12-14-19(15-13-18)22-17-23(24(28)26-20-9-6-5-7-10-20)30-25(29-4-2)21(22)11-8-16-27/h1,12-15,17,20-22,25,27H,4-11,16H2,2H3,(H,26,28)/t21-,22+,25+/m1/s1. The van der Waals surface area contributed by atoms with Gasteiger partial charge in [0.05, 0.1) is 0 Å². The fraction of sp³-hybridized carbons (Fsp3) is 0.560. The first-order valence-corrected chi connectivity index (χ1v) is 11.1. The van der Waals surface area contributed by atoms with Crippen LogP contribution < -0.4 is 5.32 Å². The number of carbonyl (C=O) groups excluding carboxylic acids is 1. The molecule has 2 aliphatic rings. The Morgan fingerprint density at radius 2 is 2.00 bits per heavy atom. The second-order valence-corrected chi connectivity index (χ2v) is 8.10. The first-order valence-electron chi connectivity index (χ1n) is 11.1. The van der Waals surface area contributed by atoms with Crippen molar-refractivity contribution in [2.45, 2.75) is 70.1 Å². The summed E-state index contributed by atoms with van der Waals surface area (Å²) in [5, 5.41) is 12.5. The maximum Gasteiger partial charge on any atom is 0.286 e. The minimum absolute atomic E-state index is 0.0000151. The highest BCUT2D eigenvalue weighted by Gasteiger charge is 2.38. The number of ether oxygens (including phenoxy) is 2. The minimum atomic E-state index is -0.532. The second kappa shape index (κ2) is 11.2. The van der Waals surface area contributed by atoms with Gasteiger partial charge in [-0.3, -0.25) is 4.79 Å². The SMILES string of the molecule is C#Cc1ccc([C@@H]2C=C(C(=O)NC3CCCCC3)O[C@H](OCC)[C@@H]2CCCO)cc1. The van der Waals surface area contributed by atoms with Crippen LogP contribution in [0.4, 0.5) is 0 Å². The Morgan fingerprint density at radius 3 is 2.63 bits per heavy atom. The zero-order valence-electron chi connectivity index (χ0n) is 17.8. The van der Waals surface area contributed by atoms with E-state index in [0.29, 0.717) is 18.8 Å². The lowest BCUT2D eigenvalue weighted by Gasteiger charge is -2.37. The Bertz CT molecular complexity index is 758. The lowest BCUT2D eigenvalue weighted by Crippen LogP contribution is -2.42. The van der Waals surface area contributed by atoms with Gasteiger partial charge in [0.25, 0.3) is 5.91 Å². The molecular weight excluding hydrogens is 378 g/mol. The number of aliphatic hydroxyl groups is 1. The lowest BCUT2D eigenvalue weighted by molar-refractivity contribution is -0.166. The molecule has 1 aromatic carbocycles. The van der Waals surface area contributed by atoms with Gasteiger partial charge < -0.3 is 19.9 Å². The first-order chi connectivity index (χ1) is 14.7. The van der Waals surface area contributed by atoms with Crippen LogP contribution in [0.25, 0.3) is 0 Å². The Labute approximate surface area is 179 Å². The highest BCUT2D eigenvalue weighted by molar-refractivity contribution is 5.92. The third-order valence-corrected chi connectivity index (χ3v) is 6.04. The molecule has 5 heteroatoms. The number of rotatable bonds is 8. The summed E-state index contributed by atoms with van der Waals surface area (Å²) < 4.78 is 12.0. The van der Waals surface area contributed by atoms with E-state index in [1.807, 2.05) is 37.3 Å². The van der Waals surface area contributed by atoms with Gasteiger partial charge in [-0.05, 0) is 56.4 Å². The Kier molecular flexibility index (Phi) is 8.36. The molecule has 1 amide bonds. The average Bonchev–Trinajstić information content (AvgIpc) is 2.78. The highest BCUT2D eigenvalue weighted by atomic mass is 16.7. The van der Waals surface area contributed by atoms with Crippen LogP contribution in [0.15, 0.2) is 36.1 Å². The predicted molar refractivity (Wildman–Crippen MR) is 117 cm³/mol. The lowest BCUT2D eigenvalue weighted by atomic mass is 9.80. The molecule has 30 heavy (non-hydrogen) atoms. The van der Waals surface area contributed by atoms with Crippen LogP contribution in [-0.4, -0.2) is 36.6 Å². The van der Waals surface area contributed by atoms with Crippen molar-refractivity contribution in [3.8, 4) is 12.3 Å². The number of carbonyl (C=O) groups is 1. The van der Waals surface area contributed by atoms with Crippen LogP contribution >= 0.6 is 0 Å². The summed E-state index contributed by atoms with van der Waals surface area (Å²) in [6.07, 6.45) is 13.8. The Morgan fingerprint density at radius 1 is 1.27 bits per heavy atom. The Hall–Kier alpha value is -2.29. The van der Waals surface area contributed by atoms with Crippen LogP contribution in [0.1, 0.15) is 68.9 Å². The van der Waals surface area contributed by atoms with E-state index in [4.69, 9.17) is 15.9 Å². The van der Waals surface area contributed by atoms with Gasteiger partial charge in [-0.15, -0.1) is 6.42 Å². The van der Waals surface area contributed by atoms with Crippen LogP contribution in [0.5, 0.6) is 0 Å². The molecule has 0 bridgehead atoms. The van der Waals surface area contributed by atoms with Crippen LogP contribution in [0, 0.1) is 18.3 Å². The maximum atomic E-state index is 13.0. The van der Waals surface area contributed by atoms with E-state index in [-0.39, 0.29) is 30.4 Å². The van der Waals surface area contributed by atoms with E-state index in [1.54, 1.807) is 0 Å². The zero-order chi connectivity index (χ0) is 21.3. The van der Waals surface area contributed by atoms with Crippen LogP contribution in [-0.2, 0) is 14.3 Å². The average molecular weight is 412 g/mol. The highest BCUT2D eigenvalue weighted by Crippen LogP contribution is 2.39. The summed E-state index contributed by atoms with van der Waals surface area (Å²) in [5.74, 6) is 2.74.